The highest BCUT2D eigenvalue weighted by Gasteiger charge is 2.10. The van der Waals surface area contributed by atoms with E-state index in [1.807, 2.05) is 18.2 Å². The van der Waals surface area contributed by atoms with E-state index in [0.29, 0.717) is 12.4 Å². The van der Waals surface area contributed by atoms with E-state index in [9.17, 15) is 5.11 Å². The summed E-state index contributed by atoms with van der Waals surface area (Å²) in [4.78, 5) is 2.27. The van der Waals surface area contributed by atoms with Gasteiger partial charge in [0, 0.05) is 25.8 Å². The summed E-state index contributed by atoms with van der Waals surface area (Å²) < 4.78 is 5.13. The van der Waals surface area contributed by atoms with Crippen molar-refractivity contribution in [3.05, 3.63) is 42.0 Å². The Morgan fingerprint density at radius 1 is 1.16 bits per heavy atom. The minimum Gasteiger partial charge on any atom is -0.508 e. The van der Waals surface area contributed by atoms with Crippen LogP contribution < -0.4 is 0 Å². The van der Waals surface area contributed by atoms with Gasteiger partial charge in [-0.3, -0.25) is 4.90 Å². The molecule has 2 aromatic carbocycles. The van der Waals surface area contributed by atoms with Crippen LogP contribution in [-0.4, -0.2) is 36.8 Å². The smallest absolute Gasteiger partial charge is 0.120 e. The minimum atomic E-state index is 0.370. The summed E-state index contributed by atoms with van der Waals surface area (Å²) in [5, 5.41) is 12.4. The van der Waals surface area contributed by atoms with Gasteiger partial charge in [-0.05, 0) is 23.4 Å². The van der Waals surface area contributed by atoms with Crippen molar-refractivity contribution in [3.8, 4) is 5.75 Å². The van der Waals surface area contributed by atoms with Crippen LogP contribution in [0.2, 0.25) is 0 Å². The molecule has 0 amide bonds. The molecule has 102 valence electrons. The first kappa shape index (κ1) is 13.8. The Morgan fingerprint density at radius 2 is 1.95 bits per heavy atom. The van der Waals surface area contributed by atoms with Crippen LogP contribution in [0.15, 0.2) is 36.4 Å². The van der Waals surface area contributed by atoms with E-state index in [1.165, 1.54) is 0 Å². The Balaban J connectivity index is 2.30. The van der Waals surface area contributed by atoms with Gasteiger partial charge >= 0.3 is 0 Å². The maximum Gasteiger partial charge on any atom is 0.120 e. The molecule has 0 bridgehead atoms. The molecule has 3 heteroatoms. The number of hydrogen-bond donors (Lipinski definition) is 1. The lowest BCUT2D eigenvalue weighted by Gasteiger charge is -2.21. The van der Waals surface area contributed by atoms with Gasteiger partial charge in [-0.2, -0.15) is 0 Å². The normalized spacial score (nSPS) is 11.3. The Labute approximate surface area is 114 Å². The summed E-state index contributed by atoms with van der Waals surface area (Å²) in [6, 6.07) is 11.9. The lowest BCUT2D eigenvalue weighted by molar-refractivity contribution is 0.147. The summed E-state index contributed by atoms with van der Waals surface area (Å²) in [6.45, 7) is 5.38. The summed E-state index contributed by atoms with van der Waals surface area (Å²) >= 11 is 0. The van der Waals surface area contributed by atoms with Crippen LogP contribution in [-0.2, 0) is 11.3 Å². The molecule has 0 unspecified atom stereocenters. The number of likely N-dealkylation sites (N-methyl/N-ethyl adjacent to an activating group) is 1. The number of rotatable bonds is 6. The standard InChI is InChI=1S/C16H21NO2/c1-3-17(10-11-19-2)12-15-14-7-5-4-6-13(14)8-9-16(15)18/h4-9,18H,3,10-12H2,1-2H3. The average Bonchev–Trinajstić information content (AvgIpc) is 2.45. The van der Waals surface area contributed by atoms with Crippen LogP contribution in [0.4, 0.5) is 0 Å². The second kappa shape index (κ2) is 6.55. The number of benzene rings is 2. The Hall–Kier alpha value is -1.58. The molecule has 0 aliphatic rings. The molecule has 0 atom stereocenters. The largest absolute Gasteiger partial charge is 0.508 e. The number of phenols is 1. The maximum absolute atomic E-state index is 10.1. The van der Waals surface area contributed by atoms with Gasteiger partial charge in [-0.25, -0.2) is 0 Å². The van der Waals surface area contributed by atoms with Crippen molar-refractivity contribution in [1.29, 1.82) is 0 Å². The molecule has 0 spiro atoms. The van der Waals surface area contributed by atoms with Crippen LogP contribution in [0.5, 0.6) is 5.75 Å². The molecule has 0 saturated carbocycles. The number of aromatic hydroxyl groups is 1. The molecule has 2 rings (SSSR count). The zero-order valence-corrected chi connectivity index (χ0v) is 11.6. The molecule has 0 aliphatic carbocycles. The van der Waals surface area contributed by atoms with Gasteiger partial charge in [0.25, 0.3) is 0 Å². The summed E-state index contributed by atoms with van der Waals surface area (Å²) in [6.07, 6.45) is 0. The van der Waals surface area contributed by atoms with E-state index >= 15 is 0 Å². The van der Waals surface area contributed by atoms with Gasteiger partial charge < -0.3 is 9.84 Å². The molecular weight excluding hydrogens is 238 g/mol. The summed E-state index contributed by atoms with van der Waals surface area (Å²) in [5.74, 6) is 0.370. The predicted molar refractivity (Wildman–Crippen MR) is 78.4 cm³/mol. The Morgan fingerprint density at radius 3 is 2.68 bits per heavy atom. The predicted octanol–water partition coefficient (Wildman–Crippen LogP) is 3.01. The van der Waals surface area contributed by atoms with Crippen LogP contribution in [0.1, 0.15) is 12.5 Å². The van der Waals surface area contributed by atoms with Crippen LogP contribution in [0.3, 0.4) is 0 Å². The zero-order chi connectivity index (χ0) is 13.7. The maximum atomic E-state index is 10.1. The van der Waals surface area contributed by atoms with Crippen LogP contribution >= 0.6 is 0 Å². The van der Waals surface area contributed by atoms with Gasteiger partial charge in [0.15, 0.2) is 0 Å². The third-order valence-corrected chi connectivity index (χ3v) is 3.46. The number of ether oxygens (including phenoxy) is 1. The molecule has 0 radical (unpaired) electrons. The van der Waals surface area contributed by atoms with Crippen molar-refractivity contribution >= 4 is 10.8 Å². The van der Waals surface area contributed by atoms with E-state index in [-0.39, 0.29) is 0 Å². The van der Waals surface area contributed by atoms with Crippen LogP contribution in [0, 0.1) is 0 Å². The number of methoxy groups -OCH3 is 1. The molecule has 0 aromatic heterocycles. The first-order valence-corrected chi connectivity index (χ1v) is 6.67. The quantitative estimate of drug-likeness (QED) is 0.865. The third kappa shape index (κ3) is 3.25. The van der Waals surface area contributed by atoms with Crippen molar-refractivity contribution in [3.63, 3.8) is 0 Å². The first-order valence-electron chi connectivity index (χ1n) is 6.67. The van der Waals surface area contributed by atoms with Crippen LogP contribution in [0.25, 0.3) is 10.8 Å². The second-order valence-electron chi connectivity index (χ2n) is 4.65. The summed E-state index contributed by atoms with van der Waals surface area (Å²) in [5.41, 5.74) is 0.996. The van der Waals surface area contributed by atoms with Crippen molar-refractivity contribution in [1.82, 2.24) is 4.90 Å². The summed E-state index contributed by atoms with van der Waals surface area (Å²) in [7, 11) is 1.71. The molecular formula is C16H21NO2. The highest BCUT2D eigenvalue weighted by atomic mass is 16.5. The molecule has 1 N–H and O–H groups in total. The van der Waals surface area contributed by atoms with Crippen molar-refractivity contribution < 1.29 is 9.84 Å². The molecule has 2 aromatic rings. The van der Waals surface area contributed by atoms with E-state index in [2.05, 4.69) is 24.0 Å². The number of phenolic OH excluding ortho intramolecular Hbond substituents is 1. The van der Waals surface area contributed by atoms with Crippen molar-refractivity contribution in [2.24, 2.45) is 0 Å². The van der Waals surface area contributed by atoms with Gasteiger partial charge in [-0.15, -0.1) is 0 Å². The van der Waals surface area contributed by atoms with E-state index < -0.39 is 0 Å². The lowest BCUT2D eigenvalue weighted by atomic mass is 10.0. The van der Waals surface area contributed by atoms with Gasteiger partial charge in [-0.1, -0.05) is 37.3 Å². The molecule has 19 heavy (non-hydrogen) atoms. The van der Waals surface area contributed by atoms with Gasteiger partial charge in [0.1, 0.15) is 5.75 Å². The number of nitrogens with zero attached hydrogens (tertiary/aromatic N) is 1. The van der Waals surface area contributed by atoms with Gasteiger partial charge in [0.2, 0.25) is 0 Å². The molecule has 0 heterocycles. The second-order valence-corrected chi connectivity index (χ2v) is 4.65. The number of fused-ring (bicyclic) bond motifs is 1. The highest BCUT2D eigenvalue weighted by Crippen LogP contribution is 2.28. The minimum absolute atomic E-state index is 0.370. The van der Waals surface area contributed by atoms with Gasteiger partial charge in [0.05, 0.1) is 6.61 Å². The Kier molecular flexibility index (Phi) is 4.77. The van der Waals surface area contributed by atoms with Crippen molar-refractivity contribution in [2.45, 2.75) is 13.5 Å². The Bertz CT molecular complexity index is 539. The highest BCUT2D eigenvalue weighted by molar-refractivity contribution is 5.87. The van der Waals surface area contributed by atoms with E-state index in [0.717, 1.165) is 36.0 Å². The first-order chi connectivity index (χ1) is 9.26. The third-order valence-electron chi connectivity index (χ3n) is 3.46. The van der Waals surface area contributed by atoms with E-state index in [4.69, 9.17) is 4.74 Å². The molecule has 3 nitrogen and oxygen atoms in total. The van der Waals surface area contributed by atoms with Crippen molar-refractivity contribution in [2.75, 3.05) is 26.8 Å². The fourth-order valence-corrected chi connectivity index (χ4v) is 2.28. The molecule has 0 fully saturated rings. The zero-order valence-electron chi connectivity index (χ0n) is 11.6. The average molecular weight is 259 g/mol. The fourth-order valence-electron chi connectivity index (χ4n) is 2.28. The monoisotopic (exact) mass is 259 g/mol. The molecule has 0 aliphatic heterocycles. The number of hydrogen-bond acceptors (Lipinski definition) is 3. The van der Waals surface area contributed by atoms with E-state index in [1.54, 1.807) is 13.2 Å². The fraction of sp³-hybridized carbons (Fsp3) is 0.375. The lowest BCUT2D eigenvalue weighted by Crippen LogP contribution is -2.26. The topological polar surface area (TPSA) is 32.7 Å². The SMILES string of the molecule is CCN(CCOC)Cc1c(O)ccc2ccccc12. The molecule has 0 saturated heterocycles.